The van der Waals surface area contributed by atoms with Gasteiger partial charge in [0.05, 0.1) is 11.9 Å². The highest BCUT2D eigenvalue weighted by atomic mass is 19.2. The molecule has 2 aromatic heterocycles. The Morgan fingerprint density at radius 3 is 2.93 bits per heavy atom. The SMILES string of the molecule is Cc1cnc(-c2nc(C3CCCN(Cc4cccc(F)c4F)C3)no2)cn1. The number of halogens is 2. The van der Waals surface area contributed by atoms with Crippen molar-refractivity contribution in [1.82, 2.24) is 25.0 Å². The molecule has 0 amide bonds. The van der Waals surface area contributed by atoms with E-state index in [9.17, 15) is 8.78 Å². The molecule has 3 aromatic rings. The van der Waals surface area contributed by atoms with E-state index in [1.54, 1.807) is 18.5 Å². The second kappa shape index (κ2) is 7.48. The predicted octanol–water partition coefficient (Wildman–Crippen LogP) is 3.49. The summed E-state index contributed by atoms with van der Waals surface area (Å²) in [6.07, 6.45) is 5.10. The maximum absolute atomic E-state index is 13.9. The Balaban J connectivity index is 1.47. The molecule has 0 spiro atoms. The molecule has 1 atom stereocenters. The quantitative estimate of drug-likeness (QED) is 0.699. The minimum Gasteiger partial charge on any atom is -0.332 e. The van der Waals surface area contributed by atoms with Crippen LogP contribution in [0.4, 0.5) is 8.78 Å². The van der Waals surface area contributed by atoms with Gasteiger partial charge in [-0.2, -0.15) is 4.98 Å². The van der Waals surface area contributed by atoms with Crippen molar-refractivity contribution in [2.24, 2.45) is 0 Å². The van der Waals surface area contributed by atoms with Crippen LogP contribution in [0, 0.1) is 18.6 Å². The minimum absolute atomic E-state index is 0.0753. The number of hydrogen-bond donors (Lipinski definition) is 0. The highest BCUT2D eigenvalue weighted by Gasteiger charge is 2.26. The molecule has 140 valence electrons. The van der Waals surface area contributed by atoms with Gasteiger partial charge in [-0.1, -0.05) is 17.3 Å². The van der Waals surface area contributed by atoms with Gasteiger partial charge >= 0.3 is 0 Å². The topological polar surface area (TPSA) is 67.9 Å². The van der Waals surface area contributed by atoms with Gasteiger partial charge in [-0.15, -0.1) is 0 Å². The molecule has 1 aromatic carbocycles. The first kappa shape index (κ1) is 17.7. The lowest BCUT2D eigenvalue weighted by atomic mass is 9.97. The van der Waals surface area contributed by atoms with Gasteiger partial charge in [-0.3, -0.25) is 9.88 Å². The van der Waals surface area contributed by atoms with Crippen molar-refractivity contribution in [2.75, 3.05) is 13.1 Å². The van der Waals surface area contributed by atoms with E-state index < -0.39 is 11.6 Å². The molecule has 0 aliphatic carbocycles. The van der Waals surface area contributed by atoms with Crippen molar-refractivity contribution < 1.29 is 13.3 Å². The summed E-state index contributed by atoms with van der Waals surface area (Å²) in [5.41, 5.74) is 1.71. The van der Waals surface area contributed by atoms with Crippen LogP contribution in [0.25, 0.3) is 11.6 Å². The summed E-state index contributed by atoms with van der Waals surface area (Å²) in [7, 11) is 0. The van der Waals surface area contributed by atoms with Gasteiger partial charge in [0, 0.05) is 30.8 Å². The van der Waals surface area contributed by atoms with E-state index in [2.05, 4.69) is 25.0 Å². The molecule has 0 bridgehead atoms. The lowest BCUT2D eigenvalue weighted by Gasteiger charge is -2.31. The smallest absolute Gasteiger partial charge is 0.278 e. The van der Waals surface area contributed by atoms with Gasteiger partial charge in [0.25, 0.3) is 5.89 Å². The van der Waals surface area contributed by atoms with Gasteiger partial charge < -0.3 is 4.52 Å². The van der Waals surface area contributed by atoms with Crippen LogP contribution in [0.15, 0.2) is 35.1 Å². The fraction of sp³-hybridized carbons (Fsp3) is 0.368. The van der Waals surface area contributed by atoms with Crippen molar-refractivity contribution in [3.8, 4) is 11.6 Å². The Labute approximate surface area is 155 Å². The van der Waals surface area contributed by atoms with E-state index in [0.29, 0.717) is 36.1 Å². The van der Waals surface area contributed by atoms with Crippen LogP contribution in [0.3, 0.4) is 0 Å². The average Bonchev–Trinajstić information content (AvgIpc) is 3.17. The summed E-state index contributed by atoms with van der Waals surface area (Å²) >= 11 is 0. The van der Waals surface area contributed by atoms with E-state index >= 15 is 0 Å². The zero-order chi connectivity index (χ0) is 18.8. The number of aryl methyl sites for hydroxylation is 1. The van der Waals surface area contributed by atoms with Gasteiger partial charge in [0.1, 0.15) is 5.69 Å². The van der Waals surface area contributed by atoms with Crippen LogP contribution in [-0.4, -0.2) is 38.1 Å². The zero-order valence-electron chi connectivity index (χ0n) is 14.9. The third-order valence-electron chi connectivity index (χ3n) is 4.74. The Kier molecular flexibility index (Phi) is 4.89. The lowest BCUT2D eigenvalue weighted by Crippen LogP contribution is -2.34. The molecule has 1 aliphatic heterocycles. The lowest BCUT2D eigenvalue weighted by molar-refractivity contribution is 0.192. The van der Waals surface area contributed by atoms with Crippen LogP contribution in [0.1, 0.15) is 35.8 Å². The number of aromatic nitrogens is 4. The zero-order valence-corrected chi connectivity index (χ0v) is 14.9. The number of nitrogens with zero attached hydrogens (tertiary/aromatic N) is 5. The van der Waals surface area contributed by atoms with Gasteiger partial charge in [0.2, 0.25) is 0 Å². The number of piperidine rings is 1. The van der Waals surface area contributed by atoms with Gasteiger partial charge in [-0.25, -0.2) is 13.8 Å². The van der Waals surface area contributed by atoms with E-state index in [1.807, 2.05) is 6.92 Å². The normalized spacial score (nSPS) is 18.0. The molecule has 27 heavy (non-hydrogen) atoms. The van der Waals surface area contributed by atoms with E-state index in [1.165, 1.54) is 6.07 Å². The number of likely N-dealkylation sites (tertiary alicyclic amines) is 1. The summed E-state index contributed by atoms with van der Waals surface area (Å²) in [6, 6.07) is 4.28. The van der Waals surface area contributed by atoms with Gasteiger partial charge in [0.15, 0.2) is 17.5 Å². The number of rotatable bonds is 4. The second-order valence-electron chi connectivity index (χ2n) is 6.79. The van der Waals surface area contributed by atoms with Crippen LogP contribution >= 0.6 is 0 Å². The third kappa shape index (κ3) is 3.85. The molecule has 1 unspecified atom stereocenters. The minimum atomic E-state index is -0.817. The molecule has 0 radical (unpaired) electrons. The van der Waals surface area contributed by atoms with Crippen LogP contribution in [-0.2, 0) is 6.54 Å². The molecule has 4 rings (SSSR count). The summed E-state index contributed by atoms with van der Waals surface area (Å²) in [6.45, 7) is 3.69. The Morgan fingerprint density at radius 2 is 2.11 bits per heavy atom. The third-order valence-corrected chi connectivity index (χ3v) is 4.74. The predicted molar refractivity (Wildman–Crippen MR) is 93.7 cm³/mol. The number of hydrogen-bond acceptors (Lipinski definition) is 6. The summed E-state index contributed by atoms with van der Waals surface area (Å²) in [5, 5.41) is 4.10. The van der Waals surface area contributed by atoms with Crippen molar-refractivity contribution in [2.45, 2.75) is 32.2 Å². The largest absolute Gasteiger partial charge is 0.332 e. The molecule has 6 nitrogen and oxygen atoms in total. The molecule has 3 heterocycles. The van der Waals surface area contributed by atoms with Crippen molar-refractivity contribution in [3.63, 3.8) is 0 Å². The van der Waals surface area contributed by atoms with E-state index in [4.69, 9.17) is 4.52 Å². The first-order chi connectivity index (χ1) is 13.1. The summed E-state index contributed by atoms with van der Waals surface area (Å²) in [4.78, 5) is 15.0. The molecule has 1 saturated heterocycles. The maximum Gasteiger partial charge on any atom is 0.278 e. The second-order valence-corrected chi connectivity index (χ2v) is 6.79. The first-order valence-corrected chi connectivity index (χ1v) is 8.88. The van der Waals surface area contributed by atoms with Gasteiger partial charge in [-0.05, 0) is 32.4 Å². The molecule has 1 fully saturated rings. The molecule has 0 saturated carbocycles. The van der Waals surface area contributed by atoms with Crippen molar-refractivity contribution in [1.29, 1.82) is 0 Å². The fourth-order valence-electron chi connectivity index (χ4n) is 3.33. The molecule has 0 N–H and O–H groups in total. The monoisotopic (exact) mass is 371 g/mol. The van der Waals surface area contributed by atoms with Crippen molar-refractivity contribution in [3.05, 3.63) is 59.3 Å². The summed E-state index contributed by atoms with van der Waals surface area (Å²) < 4.78 is 32.7. The van der Waals surface area contributed by atoms with Crippen LogP contribution < -0.4 is 0 Å². The number of benzene rings is 1. The Bertz CT molecular complexity index is 928. The maximum atomic E-state index is 13.9. The molecular weight excluding hydrogens is 352 g/mol. The highest BCUT2D eigenvalue weighted by Crippen LogP contribution is 2.28. The first-order valence-electron chi connectivity index (χ1n) is 8.88. The molecule has 8 heteroatoms. The average molecular weight is 371 g/mol. The standard InChI is InChI=1S/C19H19F2N5O/c1-12-8-23-16(9-22-12)19-24-18(25-27-19)14-5-3-7-26(11-14)10-13-4-2-6-15(20)17(13)21/h2,4,6,8-9,14H,3,5,7,10-11H2,1H3. The van der Waals surface area contributed by atoms with Crippen LogP contribution in [0.5, 0.6) is 0 Å². The van der Waals surface area contributed by atoms with E-state index in [-0.39, 0.29) is 5.92 Å². The van der Waals surface area contributed by atoms with Crippen molar-refractivity contribution >= 4 is 0 Å². The fourth-order valence-corrected chi connectivity index (χ4v) is 3.33. The van der Waals surface area contributed by atoms with Crippen LogP contribution in [0.2, 0.25) is 0 Å². The Morgan fingerprint density at radius 1 is 1.22 bits per heavy atom. The Hall–Kier alpha value is -2.74. The highest BCUT2D eigenvalue weighted by molar-refractivity contribution is 5.44. The summed E-state index contributed by atoms with van der Waals surface area (Å²) in [5.74, 6) is -0.573. The molecular formula is C19H19F2N5O. The molecule has 1 aliphatic rings. The van der Waals surface area contributed by atoms with E-state index in [0.717, 1.165) is 31.1 Å².